The lowest BCUT2D eigenvalue weighted by atomic mass is 10.0. The van der Waals surface area contributed by atoms with Crippen LogP contribution in [0.2, 0.25) is 0 Å². The fourth-order valence-corrected chi connectivity index (χ4v) is 4.24. The predicted molar refractivity (Wildman–Crippen MR) is 136 cm³/mol. The van der Waals surface area contributed by atoms with Crippen molar-refractivity contribution < 1.29 is 9.47 Å². The minimum Gasteiger partial charge on any atom is -0.379 e. The van der Waals surface area contributed by atoms with Gasteiger partial charge in [-0.3, -0.25) is 14.6 Å². The molecule has 3 heterocycles. The van der Waals surface area contributed by atoms with Gasteiger partial charge in [0.05, 0.1) is 45.1 Å². The van der Waals surface area contributed by atoms with Crippen LogP contribution in [-0.4, -0.2) is 84.6 Å². The van der Waals surface area contributed by atoms with Crippen LogP contribution < -0.4 is 5.32 Å². The Kier molecular flexibility index (Phi) is 9.76. The number of morpholine rings is 2. The predicted octanol–water partition coefficient (Wildman–Crippen LogP) is 2.45. The Morgan fingerprint density at radius 3 is 2.66 bits per heavy atom. The van der Waals surface area contributed by atoms with Crippen LogP contribution in [-0.2, 0) is 16.5 Å². The lowest BCUT2D eigenvalue weighted by Gasteiger charge is -2.36. The maximum absolute atomic E-state index is 6.03. The number of nitrogens with one attached hydrogen (secondary N) is 1. The summed E-state index contributed by atoms with van der Waals surface area (Å²) in [7, 11) is 1.94. The zero-order chi connectivity index (χ0) is 21.5. The van der Waals surface area contributed by atoms with Crippen molar-refractivity contribution in [3.8, 4) is 0 Å². The summed E-state index contributed by atoms with van der Waals surface area (Å²) in [4.78, 5) is 9.90. The number of rotatable bonds is 6. The van der Waals surface area contributed by atoms with Crippen molar-refractivity contribution in [2.24, 2.45) is 12.0 Å². The van der Waals surface area contributed by atoms with Crippen LogP contribution in [0.3, 0.4) is 0 Å². The van der Waals surface area contributed by atoms with Crippen molar-refractivity contribution in [3.05, 3.63) is 53.9 Å². The fourth-order valence-electron chi connectivity index (χ4n) is 4.24. The van der Waals surface area contributed by atoms with Crippen LogP contribution in [0.1, 0.15) is 30.2 Å². The molecular formula is C23H35IN6O2. The molecule has 176 valence electrons. The molecule has 2 unspecified atom stereocenters. The second-order valence-electron chi connectivity index (χ2n) is 8.02. The Morgan fingerprint density at radius 1 is 1.19 bits per heavy atom. The van der Waals surface area contributed by atoms with Crippen LogP contribution >= 0.6 is 24.0 Å². The fraction of sp³-hybridized carbons (Fsp3) is 0.565. The van der Waals surface area contributed by atoms with Crippen LogP contribution in [0.25, 0.3) is 0 Å². The number of halogens is 1. The molecule has 0 bridgehead atoms. The summed E-state index contributed by atoms with van der Waals surface area (Å²) >= 11 is 0. The molecule has 2 aliphatic heterocycles. The Labute approximate surface area is 208 Å². The van der Waals surface area contributed by atoms with Crippen molar-refractivity contribution in [1.29, 1.82) is 0 Å². The lowest BCUT2D eigenvalue weighted by Crippen LogP contribution is -2.48. The molecule has 32 heavy (non-hydrogen) atoms. The summed E-state index contributed by atoms with van der Waals surface area (Å²) in [5.41, 5.74) is 2.41. The summed E-state index contributed by atoms with van der Waals surface area (Å²) in [5.74, 6) is 0.953. The molecule has 0 spiro atoms. The smallest absolute Gasteiger partial charge is 0.194 e. The monoisotopic (exact) mass is 554 g/mol. The van der Waals surface area contributed by atoms with E-state index in [-0.39, 0.29) is 36.1 Å². The van der Waals surface area contributed by atoms with Crippen molar-refractivity contribution in [2.75, 3.05) is 59.1 Å². The van der Waals surface area contributed by atoms with E-state index >= 15 is 0 Å². The number of benzene rings is 1. The molecule has 0 amide bonds. The first-order chi connectivity index (χ1) is 15.2. The molecule has 2 fully saturated rings. The Morgan fingerprint density at radius 2 is 1.97 bits per heavy atom. The minimum absolute atomic E-state index is 0. The second-order valence-corrected chi connectivity index (χ2v) is 8.02. The highest BCUT2D eigenvalue weighted by Gasteiger charge is 2.26. The highest BCUT2D eigenvalue weighted by molar-refractivity contribution is 14.0. The number of aliphatic imine (C=N–C) groups is 1. The zero-order valence-electron chi connectivity index (χ0n) is 19.0. The quantitative estimate of drug-likeness (QED) is 0.337. The summed E-state index contributed by atoms with van der Waals surface area (Å²) in [6.07, 6.45) is 3.93. The molecule has 0 radical (unpaired) electrons. The average Bonchev–Trinajstić information content (AvgIpc) is 3.26. The van der Waals surface area contributed by atoms with Crippen molar-refractivity contribution in [3.63, 3.8) is 0 Å². The number of aromatic nitrogens is 2. The Bertz CT molecular complexity index is 840. The van der Waals surface area contributed by atoms with Gasteiger partial charge in [-0.05, 0) is 12.5 Å². The third-order valence-corrected chi connectivity index (χ3v) is 5.88. The lowest BCUT2D eigenvalue weighted by molar-refractivity contribution is -0.00823. The maximum atomic E-state index is 6.03. The van der Waals surface area contributed by atoms with E-state index in [4.69, 9.17) is 14.5 Å². The SMILES string of the molecule is CCNC(=NCC(c1ccccc1)N1CCOCC1)N1CCOC(c2cnn(C)c2)C1.I. The topological polar surface area (TPSA) is 67.2 Å². The molecule has 2 atom stereocenters. The first kappa shape index (κ1) is 24.9. The van der Waals surface area contributed by atoms with Crippen LogP contribution in [0, 0.1) is 0 Å². The molecule has 2 aromatic rings. The average molecular weight is 554 g/mol. The molecule has 1 aromatic heterocycles. The summed E-state index contributed by atoms with van der Waals surface area (Å²) in [5, 5.41) is 7.80. The normalized spacial score (nSPS) is 21.1. The summed E-state index contributed by atoms with van der Waals surface area (Å²) in [6.45, 7) is 9.37. The van der Waals surface area contributed by atoms with E-state index in [9.17, 15) is 0 Å². The summed E-state index contributed by atoms with van der Waals surface area (Å²) in [6, 6.07) is 10.9. The number of hydrogen-bond donors (Lipinski definition) is 1. The van der Waals surface area contributed by atoms with Gasteiger partial charge in [-0.25, -0.2) is 0 Å². The standard InChI is InChI=1S/C23H34N6O2.HI/c1-3-24-23(29-11-14-31-22(18-29)20-15-26-27(2)17-20)25-16-21(19-7-5-4-6-8-19)28-9-12-30-13-10-28;/h4-8,15,17,21-22H,3,9-14,16,18H2,1-2H3,(H,24,25);1H. The Balaban J connectivity index is 0.00000289. The van der Waals surface area contributed by atoms with Gasteiger partial charge in [-0.15, -0.1) is 24.0 Å². The molecule has 4 rings (SSSR count). The minimum atomic E-state index is 0. The van der Waals surface area contributed by atoms with Crippen molar-refractivity contribution >= 4 is 29.9 Å². The number of aryl methyl sites for hydroxylation is 1. The van der Waals surface area contributed by atoms with Gasteiger partial charge in [-0.1, -0.05) is 30.3 Å². The molecule has 8 nitrogen and oxygen atoms in total. The van der Waals surface area contributed by atoms with Crippen LogP contribution in [0.4, 0.5) is 0 Å². The van der Waals surface area contributed by atoms with E-state index < -0.39 is 0 Å². The van der Waals surface area contributed by atoms with Gasteiger partial charge in [0, 0.05) is 45.0 Å². The molecule has 1 aromatic carbocycles. The molecule has 0 saturated carbocycles. The van der Waals surface area contributed by atoms with E-state index in [0.717, 1.165) is 57.5 Å². The highest BCUT2D eigenvalue weighted by Crippen LogP contribution is 2.24. The number of nitrogens with zero attached hydrogens (tertiary/aromatic N) is 5. The molecular weight excluding hydrogens is 519 g/mol. The molecule has 9 heteroatoms. The molecule has 0 aliphatic carbocycles. The number of hydrogen-bond acceptors (Lipinski definition) is 5. The second kappa shape index (κ2) is 12.5. The van der Waals surface area contributed by atoms with Crippen molar-refractivity contribution in [2.45, 2.75) is 19.1 Å². The highest BCUT2D eigenvalue weighted by atomic mass is 127. The van der Waals surface area contributed by atoms with Gasteiger partial charge in [0.2, 0.25) is 0 Å². The van der Waals surface area contributed by atoms with E-state index in [0.29, 0.717) is 13.2 Å². The first-order valence-electron chi connectivity index (χ1n) is 11.2. The molecule has 2 aliphatic rings. The molecule has 2 saturated heterocycles. The van der Waals surface area contributed by atoms with Gasteiger partial charge in [0.1, 0.15) is 6.10 Å². The third kappa shape index (κ3) is 6.43. The first-order valence-corrected chi connectivity index (χ1v) is 11.2. The maximum Gasteiger partial charge on any atom is 0.194 e. The van der Waals surface area contributed by atoms with Crippen LogP contribution in [0.15, 0.2) is 47.7 Å². The van der Waals surface area contributed by atoms with Gasteiger partial charge in [0.15, 0.2) is 5.96 Å². The van der Waals surface area contributed by atoms with E-state index in [2.05, 4.69) is 57.5 Å². The van der Waals surface area contributed by atoms with Gasteiger partial charge < -0.3 is 19.7 Å². The van der Waals surface area contributed by atoms with Crippen LogP contribution in [0.5, 0.6) is 0 Å². The number of guanidine groups is 1. The summed E-state index contributed by atoms with van der Waals surface area (Å²) < 4.78 is 13.4. The van der Waals surface area contributed by atoms with E-state index in [1.165, 1.54) is 5.56 Å². The van der Waals surface area contributed by atoms with Gasteiger partial charge in [-0.2, -0.15) is 5.10 Å². The van der Waals surface area contributed by atoms with E-state index in [1.54, 1.807) is 0 Å². The van der Waals surface area contributed by atoms with Gasteiger partial charge in [0.25, 0.3) is 0 Å². The largest absolute Gasteiger partial charge is 0.379 e. The van der Waals surface area contributed by atoms with Gasteiger partial charge >= 0.3 is 0 Å². The molecule has 1 N–H and O–H groups in total. The number of ether oxygens (including phenoxy) is 2. The third-order valence-electron chi connectivity index (χ3n) is 5.88. The zero-order valence-corrected chi connectivity index (χ0v) is 21.4. The van der Waals surface area contributed by atoms with Crippen molar-refractivity contribution in [1.82, 2.24) is 24.9 Å². The van der Waals surface area contributed by atoms with E-state index in [1.807, 2.05) is 24.1 Å². The Hall–Kier alpha value is -1.69.